The molecule has 0 aliphatic heterocycles. The Kier molecular flexibility index (Phi) is 6.90. The summed E-state index contributed by atoms with van der Waals surface area (Å²) in [6.07, 6.45) is 2.25. The Hall–Kier alpha value is -0.280. The first-order chi connectivity index (χ1) is 8.17. The third-order valence-electron chi connectivity index (χ3n) is 2.58. The molecule has 1 aromatic rings. The van der Waals surface area contributed by atoms with Gasteiger partial charge in [-0.05, 0) is 24.1 Å². The lowest BCUT2D eigenvalue weighted by molar-refractivity contribution is 0.161. The summed E-state index contributed by atoms with van der Waals surface area (Å²) in [5, 5.41) is 4.65. The number of benzene rings is 1. The molecule has 0 radical (unpaired) electrons. The van der Waals surface area contributed by atoms with Gasteiger partial charge in [0.25, 0.3) is 0 Å². The lowest BCUT2D eigenvalue weighted by atomic mass is 10.1. The Labute approximate surface area is 113 Å². The van der Waals surface area contributed by atoms with Gasteiger partial charge in [0.1, 0.15) is 0 Å². The standard InChI is InChI=1S/C13H19Cl2NO/c1-3-4-11(9-17-2)16-8-10-5-6-12(14)13(15)7-10/h5-7,11,16H,3-4,8-9H2,1-2H3. The highest BCUT2D eigenvalue weighted by atomic mass is 35.5. The second kappa shape index (κ2) is 7.93. The molecule has 96 valence electrons. The van der Waals surface area contributed by atoms with Gasteiger partial charge in [-0.2, -0.15) is 0 Å². The molecule has 17 heavy (non-hydrogen) atoms. The van der Waals surface area contributed by atoms with Crippen LogP contribution in [0.5, 0.6) is 0 Å². The Bertz CT molecular complexity index is 338. The van der Waals surface area contributed by atoms with Crippen molar-refractivity contribution in [3.05, 3.63) is 33.8 Å². The molecule has 0 aliphatic carbocycles. The average molecular weight is 276 g/mol. The molecular formula is C13H19Cl2NO. The fourth-order valence-electron chi connectivity index (χ4n) is 1.71. The molecule has 1 aromatic carbocycles. The number of hydrogen-bond acceptors (Lipinski definition) is 2. The van der Waals surface area contributed by atoms with Crippen molar-refractivity contribution >= 4 is 23.2 Å². The summed E-state index contributed by atoms with van der Waals surface area (Å²) < 4.78 is 5.18. The van der Waals surface area contributed by atoms with Crippen LogP contribution in [0.1, 0.15) is 25.3 Å². The quantitative estimate of drug-likeness (QED) is 0.815. The van der Waals surface area contributed by atoms with Crippen LogP contribution < -0.4 is 5.32 Å². The van der Waals surface area contributed by atoms with Gasteiger partial charge in [0.05, 0.1) is 16.7 Å². The van der Waals surface area contributed by atoms with Crippen LogP contribution in [0.2, 0.25) is 10.0 Å². The van der Waals surface area contributed by atoms with Crippen molar-refractivity contribution in [3.8, 4) is 0 Å². The van der Waals surface area contributed by atoms with E-state index in [4.69, 9.17) is 27.9 Å². The minimum Gasteiger partial charge on any atom is -0.383 e. The Morgan fingerprint density at radius 2 is 2.06 bits per heavy atom. The summed E-state index contributed by atoms with van der Waals surface area (Å²) in [6, 6.07) is 6.09. The highest BCUT2D eigenvalue weighted by molar-refractivity contribution is 6.42. The predicted molar refractivity (Wildman–Crippen MR) is 73.9 cm³/mol. The Morgan fingerprint density at radius 3 is 2.65 bits per heavy atom. The summed E-state index contributed by atoms with van der Waals surface area (Å²) in [7, 11) is 1.73. The molecule has 1 rings (SSSR count). The SMILES string of the molecule is CCCC(COC)NCc1ccc(Cl)c(Cl)c1. The smallest absolute Gasteiger partial charge is 0.0615 e. The number of hydrogen-bond donors (Lipinski definition) is 1. The van der Waals surface area contributed by atoms with Gasteiger partial charge in [-0.1, -0.05) is 42.6 Å². The molecule has 1 atom stereocenters. The first-order valence-corrected chi connectivity index (χ1v) is 6.59. The van der Waals surface area contributed by atoms with E-state index in [0.717, 1.165) is 31.6 Å². The lowest BCUT2D eigenvalue weighted by Crippen LogP contribution is -2.32. The Balaban J connectivity index is 2.49. The van der Waals surface area contributed by atoms with E-state index in [2.05, 4.69) is 12.2 Å². The summed E-state index contributed by atoms with van der Waals surface area (Å²) in [5.74, 6) is 0. The van der Waals surface area contributed by atoms with Crippen LogP contribution in [-0.4, -0.2) is 19.8 Å². The van der Waals surface area contributed by atoms with Crippen molar-refractivity contribution < 1.29 is 4.74 Å². The van der Waals surface area contributed by atoms with Gasteiger partial charge < -0.3 is 10.1 Å². The maximum atomic E-state index is 5.97. The highest BCUT2D eigenvalue weighted by Gasteiger charge is 2.07. The molecule has 1 unspecified atom stereocenters. The highest BCUT2D eigenvalue weighted by Crippen LogP contribution is 2.22. The molecule has 0 amide bonds. The van der Waals surface area contributed by atoms with Crippen molar-refractivity contribution in [3.63, 3.8) is 0 Å². The fraction of sp³-hybridized carbons (Fsp3) is 0.538. The maximum absolute atomic E-state index is 5.97. The van der Waals surface area contributed by atoms with E-state index in [1.807, 2.05) is 18.2 Å². The number of methoxy groups -OCH3 is 1. The summed E-state index contributed by atoms with van der Waals surface area (Å²) in [6.45, 7) is 3.68. The zero-order chi connectivity index (χ0) is 12.7. The number of halogens is 2. The minimum absolute atomic E-state index is 0.388. The summed E-state index contributed by atoms with van der Waals surface area (Å²) in [4.78, 5) is 0. The van der Waals surface area contributed by atoms with Crippen molar-refractivity contribution in [2.24, 2.45) is 0 Å². The van der Waals surface area contributed by atoms with E-state index in [1.54, 1.807) is 7.11 Å². The number of rotatable bonds is 7. The second-order valence-electron chi connectivity index (χ2n) is 4.07. The Morgan fingerprint density at radius 1 is 1.29 bits per heavy atom. The van der Waals surface area contributed by atoms with E-state index in [1.165, 1.54) is 0 Å². The normalized spacial score (nSPS) is 12.7. The number of nitrogens with one attached hydrogen (secondary N) is 1. The van der Waals surface area contributed by atoms with Crippen molar-refractivity contribution in [1.82, 2.24) is 5.32 Å². The fourth-order valence-corrected chi connectivity index (χ4v) is 2.03. The van der Waals surface area contributed by atoms with Crippen molar-refractivity contribution in [2.45, 2.75) is 32.4 Å². The lowest BCUT2D eigenvalue weighted by Gasteiger charge is -2.17. The van der Waals surface area contributed by atoms with Crippen molar-refractivity contribution in [2.75, 3.05) is 13.7 Å². The van der Waals surface area contributed by atoms with Crippen LogP contribution in [-0.2, 0) is 11.3 Å². The zero-order valence-electron chi connectivity index (χ0n) is 10.3. The molecule has 2 nitrogen and oxygen atoms in total. The molecular weight excluding hydrogens is 257 g/mol. The van der Waals surface area contributed by atoms with Crippen LogP contribution in [0.25, 0.3) is 0 Å². The molecule has 0 heterocycles. The molecule has 0 bridgehead atoms. The molecule has 0 aromatic heterocycles. The van der Waals surface area contributed by atoms with Crippen LogP contribution in [0.15, 0.2) is 18.2 Å². The first kappa shape index (κ1) is 14.8. The first-order valence-electron chi connectivity index (χ1n) is 5.83. The van der Waals surface area contributed by atoms with Gasteiger partial charge >= 0.3 is 0 Å². The molecule has 0 saturated heterocycles. The van der Waals surface area contributed by atoms with E-state index in [0.29, 0.717) is 16.1 Å². The van der Waals surface area contributed by atoms with E-state index in [-0.39, 0.29) is 0 Å². The summed E-state index contributed by atoms with van der Waals surface area (Å²) in [5.41, 5.74) is 1.14. The van der Waals surface area contributed by atoms with Gasteiger partial charge in [0, 0.05) is 19.7 Å². The topological polar surface area (TPSA) is 21.3 Å². The van der Waals surface area contributed by atoms with Crippen LogP contribution in [0, 0.1) is 0 Å². The second-order valence-corrected chi connectivity index (χ2v) is 4.88. The molecule has 4 heteroatoms. The predicted octanol–water partition coefficient (Wildman–Crippen LogP) is 3.90. The van der Waals surface area contributed by atoms with Crippen LogP contribution in [0.3, 0.4) is 0 Å². The molecule has 1 N–H and O–H groups in total. The molecule has 0 fully saturated rings. The molecule has 0 aliphatic rings. The molecule has 0 saturated carbocycles. The summed E-state index contributed by atoms with van der Waals surface area (Å²) >= 11 is 11.8. The maximum Gasteiger partial charge on any atom is 0.0615 e. The average Bonchev–Trinajstić information content (AvgIpc) is 2.31. The van der Waals surface area contributed by atoms with Gasteiger partial charge in [0.2, 0.25) is 0 Å². The zero-order valence-corrected chi connectivity index (χ0v) is 11.8. The number of ether oxygens (including phenoxy) is 1. The van der Waals surface area contributed by atoms with Gasteiger partial charge in [-0.3, -0.25) is 0 Å². The van der Waals surface area contributed by atoms with Crippen LogP contribution >= 0.6 is 23.2 Å². The van der Waals surface area contributed by atoms with Gasteiger partial charge in [0.15, 0.2) is 0 Å². The van der Waals surface area contributed by atoms with Gasteiger partial charge in [-0.25, -0.2) is 0 Å². The largest absolute Gasteiger partial charge is 0.383 e. The van der Waals surface area contributed by atoms with Gasteiger partial charge in [-0.15, -0.1) is 0 Å². The molecule has 0 spiro atoms. The minimum atomic E-state index is 0.388. The van der Waals surface area contributed by atoms with E-state index in [9.17, 15) is 0 Å². The third kappa shape index (κ3) is 5.26. The van der Waals surface area contributed by atoms with Crippen LogP contribution in [0.4, 0.5) is 0 Å². The third-order valence-corrected chi connectivity index (χ3v) is 3.32. The van der Waals surface area contributed by atoms with Crippen molar-refractivity contribution in [1.29, 1.82) is 0 Å². The monoisotopic (exact) mass is 275 g/mol. The van der Waals surface area contributed by atoms with E-state index >= 15 is 0 Å². The van der Waals surface area contributed by atoms with E-state index < -0.39 is 0 Å².